The van der Waals surface area contributed by atoms with E-state index in [1.54, 1.807) is 7.11 Å². The van der Waals surface area contributed by atoms with E-state index in [1.807, 2.05) is 24.2 Å². The maximum absolute atomic E-state index is 12.6. The van der Waals surface area contributed by atoms with Gasteiger partial charge in [-0.1, -0.05) is 0 Å². The lowest BCUT2D eigenvalue weighted by atomic mass is 9.96. The fraction of sp³-hybridized carbons (Fsp3) is 0.647. The molecule has 1 saturated heterocycles. The molecule has 0 unspecified atom stereocenters. The number of ether oxygens (including phenoxy) is 1. The summed E-state index contributed by atoms with van der Waals surface area (Å²) in [5, 5.41) is 6.91. The van der Waals surface area contributed by atoms with Crippen molar-refractivity contribution in [2.45, 2.75) is 45.1 Å². The first-order valence-corrected chi connectivity index (χ1v) is 8.83. The number of likely N-dealkylation sites (tertiary alicyclic amines) is 1. The first kappa shape index (κ1) is 17.6. The molecule has 136 valence electrons. The highest BCUT2D eigenvalue weighted by atomic mass is 16.5. The van der Waals surface area contributed by atoms with Crippen LogP contribution in [0.1, 0.15) is 42.7 Å². The number of imidazole rings is 1. The van der Waals surface area contributed by atoms with Crippen LogP contribution in [-0.2, 0) is 22.5 Å². The molecule has 8 nitrogen and oxygen atoms in total. The molecule has 1 amide bonds. The summed E-state index contributed by atoms with van der Waals surface area (Å²) in [5.74, 6) is 2.99. The molecule has 1 aliphatic rings. The topological polar surface area (TPSA) is 88.9 Å². The largest absolute Gasteiger partial charge is 0.383 e. The Balaban J connectivity index is 1.57. The number of carbonyl (C=O) groups excluding carboxylic acids is 1. The van der Waals surface area contributed by atoms with Crippen LogP contribution in [0.2, 0.25) is 0 Å². The van der Waals surface area contributed by atoms with Gasteiger partial charge in [-0.3, -0.25) is 9.89 Å². The molecule has 1 atom stereocenters. The molecule has 3 heterocycles. The Hall–Kier alpha value is -2.22. The minimum Gasteiger partial charge on any atom is -0.383 e. The van der Waals surface area contributed by atoms with Gasteiger partial charge in [0, 0.05) is 57.9 Å². The summed E-state index contributed by atoms with van der Waals surface area (Å²) < 4.78 is 7.30. The third kappa shape index (κ3) is 4.45. The number of nitrogens with one attached hydrogen (secondary N) is 1. The van der Waals surface area contributed by atoms with Crippen molar-refractivity contribution < 1.29 is 9.53 Å². The Morgan fingerprint density at radius 2 is 2.36 bits per heavy atom. The van der Waals surface area contributed by atoms with Crippen molar-refractivity contribution in [3.63, 3.8) is 0 Å². The smallest absolute Gasteiger partial charge is 0.223 e. The van der Waals surface area contributed by atoms with E-state index >= 15 is 0 Å². The number of rotatable bonds is 7. The van der Waals surface area contributed by atoms with E-state index < -0.39 is 0 Å². The third-order valence-corrected chi connectivity index (χ3v) is 4.63. The summed E-state index contributed by atoms with van der Waals surface area (Å²) in [6, 6.07) is 0. The fourth-order valence-electron chi connectivity index (χ4n) is 3.35. The third-order valence-electron chi connectivity index (χ3n) is 4.63. The zero-order valence-corrected chi connectivity index (χ0v) is 14.9. The minimum atomic E-state index is 0.169. The lowest BCUT2D eigenvalue weighted by Crippen LogP contribution is -2.40. The van der Waals surface area contributed by atoms with Crippen LogP contribution < -0.4 is 0 Å². The maximum atomic E-state index is 12.6. The van der Waals surface area contributed by atoms with Crippen molar-refractivity contribution in [3.05, 3.63) is 29.9 Å². The normalized spacial score (nSPS) is 17.8. The molecule has 1 fully saturated rings. The molecule has 8 heteroatoms. The fourth-order valence-corrected chi connectivity index (χ4v) is 3.35. The second-order valence-corrected chi connectivity index (χ2v) is 6.49. The van der Waals surface area contributed by atoms with Gasteiger partial charge in [-0.05, 0) is 19.8 Å². The van der Waals surface area contributed by atoms with Crippen LogP contribution in [0, 0.1) is 6.92 Å². The van der Waals surface area contributed by atoms with Crippen molar-refractivity contribution >= 4 is 5.91 Å². The summed E-state index contributed by atoms with van der Waals surface area (Å²) in [5.41, 5.74) is 0. The average Bonchev–Trinajstić information content (AvgIpc) is 3.26. The summed E-state index contributed by atoms with van der Waals surface area (Å²) in [4.78, 5) is 23.3. The van der Waals surface area contributed by atoms with E-state index in [2.05, 4.69) is 24.7 Å². The van der Waals surface area contributed by atoms with Gasteiger partial charge in [0.15, 0.2) is 5.82 Å². The van der Waals surface area contributed by atoms with Crippen molar-refractivity contribution in [2.24, 2.45) is 0 Å². The maximum Gasteiger partial charge on any atom is 0.223 e. The number of hydrogen-bond donors (Lipinski definition) is 1. The van der Waals surface area contributed by atoms with Crippen LogP contribution in [0.15, 0.2) is 12.4 Å². The number of aromatic amines is 1. The highest BCUT2D eigenvalue weighted by molar-refractivity contribution is 5.76. The molecule has 0 aromatic carbocycles. The Morgan fingerprint density at radius 1 is 1.48 bits per heavy atom. The second-order valence-electron chi connectivity index (χ2n) is 6.49. The molecule has 0 saturated carbocycles. The average molecular weight is 346 g/mol. The van der Waals surface area contributed by atoms with E-state index in [0.717, 1.165) is 44.1 Å². The first-order valence-electron chi connectivity index (χ1n) is 8.83. The molecule has 2 aromatic rings. The van der Waals surface area contributed by atoms with Gasteiger partial charge in [0.1, 0.15) is 11.6 Å². The molecule has 2 aromatic heterocycles. The van der Waals surface area contributed by atoms with Crippen LogP contribution in [0.25, 0.3) is 0 Å². The van der Waals surface area contributed by atoms with Crippen LogP contribution in [0.4, 0.5) is 0 Å². The number of hydrogen-bond acceptors (Lipinski definition) is 5. The molecule has 1 N–H and O–H groups in total. The van der Waals surface area contributed by atoms with Crippen molar-refractivity contribution in [3.8, 4) is 0 Å². The summed E-state index contributed by atoms with van der Waals surface area (Å²) in [6.07, 6.45) is 6.91. The van der Waals surface area contributed by atoms with E-state index in [4.69, 9.17) is 4.74 Å². The number of carbonyl (C=O) groups is 1. The summed E-state index contributed by atoms with van der Waals surface area (Å²) in [6.45, 7) is 4.87. The molecule has 25 heavy (non-hydrogen) atoms. The minimum absolute atomic E-state index is 0.169. The Morgan fingerprint density at radius 3 is 3.12 bits per heavy atom. The molecule has 1 aliphatic heterocycles. The van der Waals surface area contributed by atoms with E-state index in [-0.39, 0.29) is 11.8 Å². The van der Waals surface area contributed by atoms with Crippen LogP contribution in [0.5, 0.6) is 0 Å². The van der Waals surface area contributed by atoms with Crippen LogP contribution in [0.3, 0.4) is 0 Å². The van der Waals surface area contributed by atoms with Gasteiger partial charge in [0.2, 0.25) is 5.91 Å². The van der Waals surface area contributed by atoms with Crippen molar-refractivity contribution in [2.75, 3.05) is 26.8 Å². The van der Waals surface area contributed by atoms with Gasteiger partial charge in [-0.2, -0.15) is 5.10 Å². The Labute approximate surface area is 147 Å². The zero-order valence-electron chi connectivity index (χ0n) is 14.9. The van der Waals surface area contributed by atoms with Gasteiger partial charge >= 0.3 is 0 Å². The zero-order chi connectivity index (χ0) is 17.6. The predicted molar refractivity (Wildman–Crippen MR) is 92.1 cm³/mol. The predicted octanol–water partition coefficient (Wildman–Crippen LogP) is 1.29. The van der Waals surface area contributed by atoms with Gasteiger partial charge in [0.05, 0.1) is 6.61 Å². The van der Waals surface area contributed by atoms with E-state index in [9.17, 15) is 4.79 Å². The van der Waals surface area contributed by atoms with Gasteiger partial charge in [-0.25, -0.2) is 9.97 Å². The molecular formula is C17H26N6O2. The number of piperidine rings is 1. The monoisotopic (exact) mass is 346 g/mol. The molecular weight excluding hydrogens is 320 g/mol. The van der Waals surface area contributed by atoms with E-state index in [1.165, 1.54) is 0 Å². The quantitative estimate of drug-likeness (QED) is 0.816. The van der Waals surface area contributed by atoms with E-state index in [0.29, 0.717) is 25.3 Å². The molecule has 0 radical (unpaired) electrons. The number of nitrogens with zero attached hydrogens (tertiary/aromatic N) is 5. The highest BCUT2D eigenvalue weighted by Crippen LogP contribution is 2.26. The van der Waals surface area contributed by atoms with Crippen LogP contribution in [-0.4, -0.2) is 62.3 Å². The number of amides is 1. The first-order chi connectivity index (χ1) is 12.2. The number of H-pyrrole nitrogens is 1. The lowest BCUT2D eigenvalue weighted by molar-refractivity contribution is -0.132. The lowest BCUT2D eigenvalue weighted by Gasteiger charge is -2.32. The van der Waals surface area contributed by atoms with Gasteiger partial charge in [-0.15, -0.1) is 0 Å². The van der Waals surface area contributed by atoms with Crippen molar-refractivity contribution in [1.29, 1.82) is 0 Å². The summed E-state index contributed by atoms with van der Waals surface area (Å²) >= 11 is 0. The molecule has 3 rings (SSSR count). The van der Waals surface area contributed by atoms with Gasteiger partial charge < -0.3 is 14.2 Å². The Kier molecular flexibility index (Phi) is 5.80. The molecule has 0 bridgehead atoms. The number of aromatic nitrogens is 5. The van der Waals surface area contributed by atoms with Crippen molar-refractivity contribution in [1.82, 2.24) is 29.6 Å². The SMILES string of the molecule is COCCn1ccnc1[C@@H]1CCCN(C(=O)CCc2n[nH]c(C)n2)C1. The standard InChI is InChI=1S/C17H26N6O2/c1-13-19-15(21-20-13)5-6-16(24)23-8-3-4-14(12-23)17-18-7-9-22(17)10-11-25-2/h7,9,14H,3-6,8,10-12H2,1-2H3,(H,19,20,21)/t14-/m1/s1. The molecule has 0 aliphatic carbocycles. The highest BCUT2D eigenvalue weighted by Gasteiger charge is 2.27. The van der Waals surface area contributed by atoms with Gasteiger partial charge in [0.25, 0.3) is 0 Å². The number of methoxy groups -OCH3 is 1. The Bertz CT molecular complexity index is 695. The second kappa shape index (κ2) is 8.24. The number of aryl methyl sites for hydroxylation is 2. The van der Waals surface area contributed by atoms with Crippen LogP contribution >= 0.6 is 0 Å². The molecule has 0 spiro atoms. The summed E-state index contributed by atoms with van der Waals surface area (Å²) in [7, 11) is 1.70.